The number of carbonyl (C=O) groups is 1. The third-order valence-electron chi connectivity index (χ3n) is 4.46. The van der Waals surface area contributed by atoms with Gasteiger partial charge in [0.25, 0.3) is 0 Å². The number of carbonyl (C=O) groups excluding carboxylic acids is 1. The van der Waals surface area contributed by atoms with Crippen molar-refractivity contribution in [1.29, 1.82) is 0 Å². The molecule has 0 bridgehead atoms. The standard InChI is InChI=1S/C14H28N4O/c15-16-14(19)4-3-9-17-10-5-13(6-11-17)12-18-7-1-2-8-18/h13H,1-12,15H2,(H,16,19). The molecule has 0 aromatic heterocycles. The SMILES string of the molecule is NNC(=O)CCCN1CCC(CN2CCCC2)CC1. The summed E-state index contributed by atoms with van der Waals surface area (Å²) in [5.41, 5.74) is 2.19. The zero-order valence-corrected chi connectivity index (χ0v) is 11.9. The number of piperidine rings is 1. The molecule has 0 aromatic carbocycles. The second-order valence-electron chi connectivity index (χ2n) is 5.96. The Bertz CT molecular complexity index is 271. The molecule has 0 spiro atoms. The quantitative estimate of drug-likeness (QED) is 0.420. The van der Waals surface area contributed by atoms with E-state index in [-0.39, 0.29) is 5.91 Å². The third-order valence-corrected chi connectivity index (χ3v) is 4.46. The molecule has 5 nitrogen and oxygen atoms in total. The molecule has 0 aromatic rings. The Labute approximate surface area is 116 Å². The van der Waals surface area contributed by atoms with Gasteiger partial charge in [-0.25, -0.2) is 5.84 Å². The lowest BCUT2D eigenvalue weighted by molar-refractivity contribution is -0.121. The summed E-state index contributed by atoms with van der Waals surface area (Å²) in [4.78, 5) is 16.2. The molecule has 2 fully saturated rings. The van der Waals surface area contributed by atoms with Crippen molar-refractivity contribution in [3.05, 3.63) is 0 Å². The molecule has 2 heterocycles. The largest absolute Gasteiger partial charge is 0.303 e. The smallest absolute Gasteiger partial charge is 0.233 e. The number of likely N-dealkylation sites (tertiary alicyclic amines) is 2. The van der Waals surface area contributed by atoms with Crippen LogP contribution in [0, 0.1) is 5.92 Å². The van der Waals surface area contributed by atoms with Crippen molar-refractivity contribution in [2.75, 3.05) is 39.3 Å². The average molecular weight is 268 g/mol. The fourth-order valence-corrected chi connectivity index (χ4v) is 3.26. The predicted molar refractivity (Wildman–Crippen MR) is 76.4 cm³/mol. The lowest BCUT2D eigenvalue weighted by atomic mass is 9.96. The maximum atomic E-state index is 11.0. The van der Waals surface area contributed by atoms with Crippen molar-refractivity contribution in [2.24, 2.45) is 11.8 Å². The van der Waals surface area contributed by atoms with Gasteiger partial charge in [-0.2, -0.15) is 0 Å². The number of nitrogens with two attached hydrogens (primary N) is 1. The van der Waals surface area contributed by atoms with Crippen molar-refractivity contribution >= 4 is 5.91 Å². The van der Waals surface area contributed by atoms with Gasteiger partial charge in [0, 0.05) is 13.0 Å². The fraction of sp³-hybridized carbons (Fsp3) is 0.929. The van der Waals surface area contributed by atoms with Crippen molar-refractivity contribution in [3.8, 4) is 0 Å². The summed E-state index contributed by atoms with van der Waals surface area (Å²) in [5.74, 6) is 5.91. The Hall–Kier alpha value is -0.650. The van der Waals surface area contributed by atoms with Crippen LogP contribution < -0.4 is 11.3 Å². The Morgan fingerprint density at radius 3 is 2.42 bits per heavy atom. The molecule has 2 rings (SSSR count). The van der Waals surface area contributed by atoms with E-state index in [2.05, 4.69) is 15.2 Å². The van der Waals surface area contributed by atoms with Gasteiger partial charge in [0.1, 0.15) is 0 Å². The van der Waals surface area contributed by atoms with Crippen LogP contribution in [0.5, 0.6) is 0 Å². The molecule has 19 heavy (non-hydrogen) atoms. The summed E-state index contributed by atoms with van der Waals surface area (Å²) >= 11 is 0. The van der Waals surface area contributed by atoms with Gasteiger partial charge in [-0.05, 0) is 70.7 Å². The predicted octanol–water partition coefficient (Wildman–Crippen LogP) is 0.564. The molecule has 2 aliphatic rings. The lowest BCUT2D eigenvalue weighted by Gasteiger charge is -2.33. The van der Waals surface area contributed by atoms with Gasteiger partial charge >= 0.3 is 0 Å². The Balaban J connectivity index is 1.55. The summed E-state index contributed by atoms with van der Waals surface area (Å²) in [5, 5.41) is 0. The minimum atomic E-state index is -0.0519. The molecule has 0 atom stereocenters. The molecule has 5 heteroatoms. The summed E-state index contributed by atoms with van der Waals surface area (Å²) < 4.78 is 0. The summed E-state index contributed by atoms with van der Waals surface area (Å²) in [6.45, 7) is 7.36. The Kier molecular flexibility index (Phi) is 6.07. The minimum absolute atomic E-state index is 0.0519. The normalized spacial score (nSPS) is 22.8. The molecule has 2 saturated heterocycles. The number of nitrogens with one attached hydrogen (secondary N) is 1. The zero-order valence-electron chi connectivity index (χ0n) is 11.9. The highest BCUT2D eigenvalue weighted by atomic mass is 16.2. The lowest BCUT2D eigenvalue weighted by Crippen LogP contribution is -2.39. The van der Waals surface area contributed by atoms with Gasteiger partial charge in [-0.3, -0.25) is 10.2 Å². The van der Waals surface area contributed by atoms with Gasteiger partial charge in [-0.1, -0.05) is 0 Å². The second kappa shape index (κ2) is 7.82. The molecule has 1 amide bonds. The van der Waals surface area contributed by atoms with E-state index in [1.165, 1.54) is 58.4 Å². The van der Waals surface area contributed by atoms with Crippen molar-refractivity contribution < 1.29 is 4.79 Å². The monoisotopic (exact) mass is 268 g/mol. The van der Waals surface area contributed by atoms with E-state index in [1.54, 1.807) is 0 Å². The number of rotatable bonds is 6. The zero-order chi connectivity index (χ0) is 13.5. The van der Waals surface area contributed by atoms with Crippen LogP contribution in [-0.4, -0.2) is 55.0 Å². The van der Waals surface area contributed by atoms with Crippen LogP contribution in [0.2, 0.25) is 0 Å². The van der Waals surface area contributed by atoms with Crippen LogP contribution in [-0.2, 0) is 4.79 Å². The molecule has 3 N–H and O–H groups in total. The van der Waals surface area contributed by atoms with E-state index in [1.807, 2.05) is 0 Å². The summed E-state index contributed by atoms with van der Waals surface area (Å²) in [7, 11) is 0. The van der Waals surface area contributed by atoms with E-state index in [4.69, 9.17) is 5.84 Å². The van der Waals surface area contributed by atoms with Crippen LogP contribution in [0.3, 0.4) is 0 Å². The first-order valence-corrected chi connectivity index (χ1v) is 7.72. The number of nitrogens with zero attached hydrogens (tertiary/aromatic N) is 2. The van der Waals surface area contributed by atoms with E-state index >= 15 is 0 Å². The van der Waals surface area contributed by atoms with Crippen LogP contribution in [0.4, 0.5) is 0 Å². The van der Waals surface area contributed by atoms with Crippen LogP contribution >= 0.6 is 0 Å². The van der Waals surface area contributed by atoms with Crippen molar-refractivity contribution in [1.82, 2.24) is 15.2 Å². The molecule has 0 aliphatic carbocycles. The first kappa shape index (κ1) is 14.8. The maximum absolute atomic E-state index is 11.0. The molecular formula is C14H28N4O. The topological polar surface area (TPSA) is 61.6 Å². The number of hydrazine groups is 1. The van der Waals surface area contributed by atoms with Gasteiger partial charge in [0.2, 0.25) is 5.91 Å². The fourth-order valence-electron chi connectivity index (χ4n) is 3.26. The molecule has 110 valence electrons. The van der Waals surface area contributed by atoms with Crippen LogP contribution in [0.25, 0.3) is 0 Å². The first-order chi connectivity index (χ1) is 9.28. The van der Waals surface area contributed by atoms with Gasteiger partial charge in [-0.15, -0.1) is 0 Å². The molecule has 2 aliphatic heterocycles. The van der Waals surface area contributed by atoms with Crippen LogP contribution in [0.15, 0.2) is 0 Å². The summed E-state index contributed by atoms with van der Waals surface area (Å²) in [6, 6.07) is 0. The molecule has 0 saturated carbocycles. The van der Waals surface area contributed by atoms with E-state index in [9.17, 15) is 4.79 Å². The number of hydrogen-bond donors (Lipinski definition) is 2. The second-order valence-corrected chi connectivity index (χ2v) is 5.96. The van der Waals surface area contributed by atoms with Gasteiger partial charge < -0.3 is 9.80 Å². The van der Waals surface area contributed by atoms with Crippen molar-refractivity contribution in [2.45, 2.75) is 38.5 Å². The van der Waals surface area contributed by atoms with Gasteiger partial charge in [0.15, 0.2) is 0 Å². The molecular weight excluding hydrogens is 240 g/mol. The minimum Gasteiger partial charge on any atom is -0.303 e. The van der Waals surface area contributed by atoms with Gasteiger partial charge in [0.05, 0.1) is 0 Å². The Morgan fingerprint density at radius 1 is 1.11 bits per heavy atom. The number of amides is 1. The highest BCUT2D eigenvalue weighted by molar-refractivity contribution is 5.75. The van der Waals surface area contributed by atoms with E-state index < -0.39 is 0 Å². The molecule has 0 unspecified atom stereocenters. The highest BCUT2D eigenvalue weighted by Gasteiger charge is 2.22. The Morgan fingerprint density at radius 2 is 1.79 bits per heavy atom. The maximum Gasteiger partial charge on any atom is 0.233 e. The first-order valence-electron chi connectivity index (χ1n) is 7.72. The third kappa shape index (κ3) is 5.09. The molecule has 0 radical (unpaired) electrons. The highest BCUT2D eigenvalue weighted by Crippen LogP contribution is 2.20. The number of hydrogen-bond acceptors (Lipinski definition) is 4. The van der Waals surface area contributed by atoms with E-state index in [0.29, 0.717) is 6.42 Å². The van der Waals surface area contributed by atoms with Crippen molar-refractivity contribution in [3.63, 3.8) is 0 Å². The average Bonchev–Trinajstić information content (AvgIpc) is 2.93. The summed E-state index contributed by atoms with van der Waals surface area (Å²) in [6.07, 6.45) is 6.88. The van der Waals surface area contributed by atoms with Crippen LogP contribution in [0.1, 0.15) is 38.5 Å². The van der Waals surface area contributed by atoms with E-state index in [0.717, 1.165) is 18.9 Å².